The molecule has 7 heteroatoms. The second-order valence-corrected chi connectivity index (χ2v) is 7.92. The van der Waals surface area contributed by atoms with Gasteiger partial charge >= 0.3 is 0 Å². The lowest BCUT2D eigenvalue weighted by atomic mass is 10.1. The molecule has 0 fully saturated rings. The third-order valence-electron chi connectivity index (χ3n) is 4.81. The van der Waals surface area contributed by atoms with Crippen LogP contribution in [0.4, 0.5) is 5.13 Å². The number of amides is 1. The highest BCUT2D eigenvalue weighted by molar-refractivity contribution is 7.22. The maximum absolute atomic E-state index is 11.5. The minimum Gasteiger partial charge on any atom is -0.457 e. The van der Waals surface area contributed by atoms with Gasteiger partial charge in [0, 0.05) is 25.4 Å². The molecule has 6 nitrogen and oxygen atoms in total. The molecule has 0 saturated carbocycles. The van der Waals surface area contributed by atoms with Crippen LogP contribution in [-0.2, 0) is 12.8 Å². The van der Waals surface area contributed by atoms with E-state index in [1.165, 1.54) is 36.8 Å². The molecule has 2 heterocycles. The minimum atomic E-state index is -0.258. The molecule has 0 aliphatic heterocycles. The number of rotatable bonds is 3. The predicted molar refractivity (Wildman–Crippen MR) is 120 cm³/mol. The minimum absolute atomic E-state index is 0.258. The summed E-state index contributed by atoms with van der Waals surface area (Å²) in [5.74, 6) is 0.937. The Kier molecular flexibility index (Phi) is 5.90. The second kappa shape index (κ2) is 8.92. The highest BCUT2D eigenvalue weighted by atomic mass is 32.1. The number of nitrogens with zero attached hydrogens (tertiary/aromatic N) is 2. The third kappa shape index (κ3) is 4.58. The second-order valence-electron chi connectivity index (χ2n) is 6.86. The predicted octanol–water partition coefficient (Wildman–Crippen LogP) is 4.60. The molecule has 1 aliphatic carbocycles. The third-order valence-corrected chi connectivity index (χ3v) is 5.66. The van der Waals surface area contributed by atoms with E-state index in [1.54, 1.807) is 30.3 Å². The van der Waals surface area contributed by atoms with E-state index in [1.807, 2.05) is 18.2 Å². The number of fused-ring (bicyclic) bond motifs is 2. The molecule has 0 radical (unpaired) electrons. The van der Waals surface area contributed by atoms with Crippen molar-refractivity contribution < 1.29 is 9.53 Å². The van der Waals surface area contributed by atoms with E-state index in [9.17, 15) is 4.79 Å². The first-order chi connectivity index (χ1) is 14.6. The molecule has 30 heavy (non-hydrogen) atoms. The molecule has 0 atom stereocenters. The zero-order valence-electron chi connectivity index (χ0n) is 16.6. The fourth-order valence-corrected chi connectivity index (χ4v) is 4.13. The number of hydrogen-bond donors (Lipinski definition) is 2. The van der Waals surface area contributed by atoms with Crippen LogP contribution in [0.5, 0.6) is 11.5 Å². The van der Waals surface area contributed by atoms with E-state index in [-0.39, 0.29) is 5.91 Å². The Bertz CT molecular complexity index is 1170. The zero-order chi connectivity index (χ0) is 20.9. The van der Waals surface area contributed by atoms with Crippen LogP contribution in [0.2, 0.25) is 0 Å². The Labute approximate surface area is 178 Å². The summed E-state index contributed by atoms with van der Waals surface area (Å²) < 4.78 is 6.70. The molecule has 4 aromatic rings. The summed E-state index contributed by atoms with van der Waals surface area (Å²) >= 11 is 1.40. The fourth-order valence-electron chi connectivity index (χ4n) is 3.36. The quantitative estimate of drug-likeness (QED) is 0.507. The molecule has 2 aromatic heterocycles. The lowest BCUT2D eigenvalue weighted by Gasteiger charge is -2.06. The molecular formula is C23H22N4O2S. The van der Waals surface area contributed by atoms with Crippen LogP contribution in [0.3, 0.4) is 0 Å². The number of anilines is 1. The summed E-state index contributed by atoms with van der Waals surface area (Å²) in [6.45, 7) is 0. The van der Waals surface area contributed by atoms with Crippen molar-refractivity contribution in [2.24, 2.45) is 0 Å². The largest absolute Gasteiger partial charge is 0.457 e. The summed E-state index contributed by atoms with van der Waals surface area (Å²) in [4.78, 5) is 19.7. The van der Waals surface area contributed by atoms with Crippen LogP contribution < -0.4 is 15.8 Å². The smallest absolute Gasteiger partial charge is 0.269 e. The molecule has 2 aromatic carbocycles. The average Bonchev–Trinajstić information content (AvgIpc) is 3.39. The number of aromatic nitrogens is 2. The lowest BCUT2D eigenvalue weighted by Crippen LogP contribution is -2.18. The van der Waals surface area contributed by atoms with Gasteiger partial charge in [0.15, 0.2) is 5.13 Å². The summed E-state index contributed by atoms with van der Waals surface area (Å²) in [7, 11) is 1.56. The topological polar surface area (TPSA) is 90.1 Å². The van der Waals surface area contributed by atoms with Gasteiger partial charge in [-0.15, -0.1) is 0 Å². The standard InChI is InChI=1S/C14H12N4O2S.C9H10/c1-16-13(19)11-6-9(4-5-17-11)20-8-2-3-10-12(7-8)21-14(15)18-10;1-2-5-9-7-3-6-8(9)4-1/h2-7H,1H3,(H2,15,18)(H,16,19);1-2,4-5H,3,6-7H2. The Morgan fingerprint density at radius 1 is 1.07 bits per heavy atom. The van der Waals surface area contributed by atoms with Crippen LogP contribution in [0.25, 0.3) is 10.2 Å². The number of pyridine rings is 1. The van der Waals surface area contributed by atoms with Crippen molar-refractivity contribution in [3.05, 3.63) is 77.6 Å². The highest BCUT2D eigenvalue weighted by Crippen LogP contribution is 2.30. The zero-order valence-corrected chi connectivity index (χ0v) is 17.4. The molecule has 152 valence electrons. The van der Waals surface area contributed by atoms with Crippen molar-refractivity contribution in [1.29, 1.82) is 0 Å². The lowest BCUT2D eigenvalue weighted by molar-refractivity contribution is 0.0958. The van der Waals surface area contributed by atoms with Crippen molar-refractivity contribution in [1.82, 2.24) is 15.3 Å². The normalized spacial score (nSPS) is 12.0. The van der Waals surface area contributed by atoms with E-state index >= 15 is 0 Å². The number of carbonyl (C=O) groups excluding carboxylic acids is 1. The van der Waals surface area contributed by atoms with Gasteiger partial charge in [0.25, 0.3) is 5.91 Å². The molecule has 0 saturated heterocycles. The van der Waals surface area contributed by atoms with E-state index in [2.05, 4.69) is 39.6 Å². The molecule has 1 aliphatic rings. The van der Waals surface area contributed by atoms with Crippen LogP contribution in [0, 0.1) is 0 Å². The average molecular weight is 419 g/mol. The van der Waals surface area contributed by atoms with Gasteiger partial charge in [0.1, 0.15) is 17.2 Å². The molecule has 1 amide bonds. The monoisotopic (exact) mass is 418 g/mol. The summed E-state index contributed by atoms with van der Waals surface area (Å²) in [6, 6.07) is 17.5. The Hall–Kier alpha value is -3.45. The first kappa shape index (κ1) is 19.8. The molecular weight excluding hydrogens is 396 g/mol. The van der Waals surface area contributed by atoms with E-state index in [0.29, 0.717) is 22.3 Å². The van der Waals surface area contributed by atoms with Crippen LogP contribution in [0.1, 0.15) is 28.0 Å². The van der Waals surface area contributed by atoms with Crippen molar-refractivity contribution >= 4 is 32.6 Å². The number of hydrogen-bond acceptors (Lipinski definition) is 6. The Balaban J connectivity index is 0.000000200. The van der Waals surface area contributed by atoms with Gasteiger partial charge in [-0.3, -0.25) is 9.78 Å². The maximum atomic E-state index is 11.5. The first-order valence-electron chi connectivity index (χ1n) is 9.71. The highest BCUT2D eigenvalue weighted by Gasteiger charge is 2.08. The fraction of sp³-hybridized carbons (Fsp3) is 0.174. The van der Waals surface area contributed by atoms with Crippen LogP contribution >= 0.6 is 11.3 Å². The van der Waals surface area contributed by atoms with E-state index in [4.69, 9.17) is 10.5 Å². The number of nitrogen functional groups attached to an aromatic ring is 1. The molecule has 5 rings (SSSR count). The van der Waals surface area contributed by atoms with Gasteiger partial charge < -0.3 is 15.8 Å². The Morgan fingerprint density at radius 2 is 1.80 bits per heavy atom. The number of ether oxygens (including phenoxy) is 1. The number of carbonyl (C=O) groups is 1. The van der Waals surface area contributed by atoms with Gasteiger partial charge in [0.2, 0.25) is 0 Å². The molecule has 0 unspecified atom stereocenters. The summed E-state index contributed by atoms with van der Waals surface area (Å²) in [5, 5.41) is 3.04. The number of nitrogens with one attached hydrogen (secondary N) is 1. The van der Waals surface area contributed by atoms with E-state index in [0.717, 1.165) is 10.2 Å². The first-order valence-corrected chi connectivity index (χ1v) is 10.5. The SMILES string of the molecule is CNC(=O)c1cc(Oc2ccc3nc(N)sc3c2)ccn1.c1ccc2c(c1)CCC2. The van der Waals surface area contributed by atoms with Crippen LogP contribution in [-0.4, -0.2) is 22.9 Å². The van der Waals surface area contributed by atoms with E-state index < -0.39 is 0 Å². The van der Waals surface area contributed by atoms with Gasteiger partial charge in [-0.25, -0.2) is 4.98 Å². The Morgan fingerprint density at radius 3 is 2.53 bits per heavy atom. The summed E-state index contributed by atoms with van der Waals surface area (Å²) in [6.07, 6.45) is 5.49. The van der Waals surface area contributed by atoms with Gasteiger partial charge in [-0.2, -0.15) is 0 Å². The number of nitrogens with two attached hydrogens (primary N) is 1. The maximum Gasteiger partial charge on any atom is 0.269 e. The molecule has 0 spiro atoms. The van der Waals surface area contributed by atoms with Crippen molar-refractivity contribution in [3.63, 3.8) is 0 Å². The summed E-state index contributed by atoms with van der Waals surface area (Å²) in [5.41, 5.74) is 9.95. The molecule has 3 N–H and O–H groups in total. The number of aryl methyl sites for hydroxylation is 2. The van der Waals surface area contributed by atoms with Gasteiger partial charge in [0.05, 0.1) is 10.2 Å². The van der Waals surface area contributed by atoms with Crippen LogP contribution in [0.15, 0.2) is 60.8 Å². The number of benzene rings is 2. The van der Waals surface area contributed by atoms with Crippen molar-refractivity contribution in [2.75, 3.05) is 12.8 Å². The van der Waals surface area contributed by atoms with Crippen molar-refractivity contribution in [3.8, 4) is 11.5 Å². The number of thiazole rings is 1. The van der Waals surface area contributed by atoms with Gasteiger partial charge in [-0.05, 0) is 48.6 Å². The molecule has 0 bridgehead atoms. The van der Waals surface area contributed by atoms with Crippen molar-refractivity contribution in [2.45, 2.75) is 19.3 Å². The van der Waals surface area contributed by atoms with Gasteiger partial charge in [-0.1, -0.05) is 35.6 Å².